The summed E-state index contributed by atoms with van der Waals surface area (Å²) in [4.78, 5) is 26.7. The van der Waals surface area contributed by atoms with Crippen LogP contribution in [0.4, 0.5) is 0 Å². The molecule has 0 spiro atoms. The largest absolute Gasteiger partial charge is 0.489 e. The molecule has 2 fully saturated rings. The molecule has 2 aromatic rings. The number of unbranched alkanes of at least 4 members (excludes halogenated alkanes) is 2. The minimum Gasteiger partial charge on any atom is -0.489 e. The SMILES string of the molecule is CC1(C)[C@H](Oc2ccc(C#N)c(Cl)c2)C(C)(C)[C@H]1N1Cc2cc(C#CCCCCOC3(C(=O)O)CC3)ccc2C1=O. The Hall–Kier alpha value is -3.52. The van der Waals surface area contributed by atoms with Crippen molar-refractivity contribution >= 4 is 23.5 Å². The van der Waals surface area contributed by atoms with Gasteiger partial charge >= 0.3 is 5.97 Å². The minimum atomic E-state index is -0.932. The van der Waals surface area contributed by atoms with E-state index in [1.54, 1.807) is 18.2 Å². The third-order valence-corrected chi connectivity index (χ3v) is 9.04. The predicted octanol–water partition coefficient (Wildman–Crippen LogP) is 6.21. The van der Waals surface area contributed by atoms with E-state index >= 15 is 0 Å². The van der Waals surface area contributed by atoms with E-state index in [-0.39, 0.29) is 28.9 Å². The Morgan fingerprint density at radius 3 is 2.49 bits per heavy atom. The summed E-state index contributed by atoms with van der Waals surface area (Å²) in [5, 5.41) is 18.7. The second kappa shape index (κ2) is 10.7. The van der Waals surface area contributed by atoms with Crippen molar-refractivity contribution in [3.63, 3.8) is 0 Å². The van der Waals surface area contributed by atoms with E-state index in [2.05, 4.69) is 45.6 Å². The maximum atomic E-state index is 13.5. The number of carbonyl (C=O) groups excluding carboxylic acids is 1. The van der Waals surface area contributed by atoms with E-state index in [1.807, 2.05) is 23.1 Å². The summed E-state index contributed by atoms with van der Waals surface area (Å²) < 4.78 is 11.9. The number of nitrogens with zero attached hydrogens (tertiary/aromatic N) is 2. The number of carboxylic acids is 1. The van der Waals surface area contributed by atoms with Gasteiger partial charge < -0.3 is 19.5 Å². The van der Waals surface area contributed by atoms with Crippen molar-refractivity contribution in [1.82, 2.24) is 4.90 Å². The first-order chi connectivity index (χ1) is 19.4. The summed E-state index contributed by atoms with van der Waals surface area (Å²) >= 11 is 6.23. The summed E-state index contributed by atoms with van der Waals surface area (Å²) in [6.07, 6.45) is 3.33. The van der Waals surface area contributed by atoms with E-state index < -0.39 is 11.6 Å². The van der Waals surface area contributed by atoms with Crippen LogP contribution in [0.1, 0.15) is 86.8 Å². The maximum Gasteiger partial charge on any atom is 0.335 e. The third-order valence-electron chi connectivity index (χ3n) is 8.73. The Balaban J connectivity index is 1.19. The quantitative estimate of drug-likeness (QED) is 0.282. The molecule has 1 N–H and O–H groups in total. The molecule has 5 rings (SSSR count). The average molecular weight is 575 g/mol. The highest BCUT2D eigenvalue weighted by Crippen LogP contribution is 2.59. The number of hydrogen-bond acceptors (Lipinski definition) is 5. The van der Waals surface area contributed by atoms with Gasteiger partial charge in [-0.15, -0.1) is 0 Å². The Kier molecular flexibility index (Phi) is 7.57. The van der Waals surface area contributed by atoms with Crippen LogP contribution in [-0.4, -0.2) is 46.2 Å². The molecule has 2 aromatic carbocycles. The van der Waals surface area contributed by atoms with Crippen LogP contribution in [0.25, 0.3) is 0 Å². The average Bonchev–Trinajstić information content (AvgIpc) is 3.65. The zero-order valence-corrected chi connectivity index (χ0v) is 24.7. The van der Waals surface area contributed by atoms with Crippen LogP contribution < -0.4 is 4.74 Å². The van der Waals surface area contributed by atoms with Crippen LogP contribution in [0.2, 0.25) is 5.02 Å². The van der Waals surface area contributed by atoms with Crippen molar-refractivity contribution in [2.45, 2.75) is 84.1 Å². The number of nitriles is 1. The number of hydrogen-bond donors (Lipinski definition) is 1. The first kappa shape index (κ1) is 29.0. The first-order valence-corrected chi connectivity index (χ1v) is 14.4. The van der Waals surface area contributed by atoms with Crippen LogP contribution in [0.15, 0.2) is 36.4 Å². The van der Waals surface area contributed by atoms with Gasteiger partial charge in [0.25, 0.3) is 5.91 Å². The molecular weight excluding hydrogens is 540 g/mol. The van der Waals surface area contributed by atoms with E-state index in [1.165, 1.54) is 0 Å². The lowest BCUT2D eigenvalue weighted by Crippen LogP contribution is -2.74. The lowest BCUT2D eigenvalue weighted by molar-refractivity contribution is -0.199. The summed E-state index contributed by atoms with van der Waals surface area (Å²) in [7, 11) is 0. The molecule has 0 aromatic heterocycles. The number of carboxylic acid groups (broad SMARTS) is 1. The van der Waals surface area contributed by atoms with Gasteiger partial charge in [0.2, 0.25) is 0 Å². The Morgan fingerprint density at radius 2 is 1.85 bits per heavy atom. The van der Waals surface area contributed by atoms with Crippen molar-refractivity contribution < 1.29 is 24.2 Å². The number of aliphatic carboxylic acids is 1. The molecule has 1 aliphatic heterocycles. The van der Waals surface area contributed by atoms with Crippen LogP contribution in [0.5, 0.6) is 5.75 Å². The van der Waals surface area contributed by atoms with E-state index in [9.17, 15) is 9.59 Å². The zero-order valence-electron chi connectivity index (χ0n) is 23.9. The molecule has 0 unspecified atom stereocenters. The fraction of sp³-hybridized carbons (Fsp3) is 0.485. The van der Waals surface area contributed by atoms with Gasteiger partial charge in [0.1, 0.15) is 17.9 Å². The van der Waals surface area contributed by atoms with E-state index in [0.29, 0.717) is 48.7 Å². The normalized spacial score (nSPS) is 22.5. The molecule has 0 saturated heterocycles. The lowest BCUT2D eigenvalue weighted by Gasteiger charge is -2.65. The molecular formula is C33H35ClN2O5. The molecule has 2 saturated carbocycles. The Morgan fingerprint density at radius 1 is 1.12 bits per heavy atom. The smallest absolute Gasteiger partial charge is 0.335 e. The van der Waals surface area contributed by atoms with Crippen molar-refractivity contribution in [2.24, 2.45) is 10.8 Å². The predicted molar refractivity (Wildman–Crippen MR) is 155 cm³/mol. The van der Waals surface area contributed by atoms with Crippen LogP contribution >= 0.6 is 11.6 Å². The standard InChI is InChI=1S/C33H35ClN2O5/c1-31(2)28(32(3,4)29(31)41-24-12-11-22(19-35)26(34)18-24)36-20-23-17-21(10-13-25(23)27(36)37)9-7-5-6-8-16-40-33(14-15-33)30(38)39/h10-13,17-18,28-29H,5-6,8,14-16,20H2,1-4H3,(H,38,39)/t28-,29-. The molecule has 0 radical (unpaired) electrons. The molecule has 8 heteroatoms. The van der Waals surface area contributed by atoms with Crippen molar-refractivity contribution in [3.05, 3.63) is 63.7 Å². The number of halogens is 1. The Labute approximate surface area is 246 Å². The summed E-state index contributed by atoms with van der Waals surface area (Å²) in [5.74, 6) is 6.18. The third kappa shape index (κ3) is 5.30. The van der Waals surface area contributed by atoms with Gasteiger partial charge in [-0.2, -0.15) is 5.26 Å². The first-order valence-electron chi connectivity index (χ1n) is 14.1. The van der Waals surface area contributed by atoms with Crippen LogP contribution in [0.3, 0.4) is 0 Å². The van der Waals surface area contributed by atoms with Crippen LogP contribution in [0, 0.1) is 34.0 Å². The van der Waals surface area contributed by atoms with Gasteiger partial charge in [0, 0.05) is 53.6 Å². The highest BCUT2D eigenvalue weighted by Gasteiger charge is 2.67. The van der Waals surface area contributed by atoms with Crippen molar-refractivity contribution in [2.75, 3.05) is 6.61 Å². The number of ether oxygens (including phenoxy) is 2. The number of fused-ring (bicyclic) bond motifs is 1. The van der Waals surface area contributed by atoms with Gasteiger partial charge in [-0.1, -0.05) is 51.1 Å². The molecule has 1 heterocycles. The number of rotatable bonds is 9. The summed E-state index contributed by atoms with van der Waals surface area (Å²) in [6.45, 7) is 9.48. The van der Waals surface area contributed by atoms with Gasteiger partial charge in [0.05, 0.1) is 10.6 Å². The topological polar surface area (TPSA) is 99.9 Å². The summed E-state index contributed by atoms with van der Waals surface area (Å²) in [5.41, 5.74) is 1.41. The maximum absolute atomic E-state index is 13.5. The summed E-state index contributed by atoms with van der Waals surface area (Å²) in [6, 6.07) is 12.9. The molecule has 3 aliphatic rings. The fourth-order valence-corrected chi connectivity index (χ4v) is 7.13. The molecule has 2 aliphatic carbocycles. The van der Waals surface area contributed by atoms with Gasteiger partial charge in [-0.25, -0.2) is 4.79 Å². The van der Waals surface area contributed by atoms with Gasteiger partial charge in [0.15, 0.2) is 5.60 Å². The second-order valence-corrected chi connectivity index (χ2v) is 12.9. The molecule has 214 valence electrons. The second-order valence-electron chi connectivity index (χ2n) is 12.5. The molecule has 0 atom stereocenters. The van der Waals surface area contributed by atoms with E-state index in [0.717, 1.165) is 29.5 Å². The highest BCUT2D eigenvalue weighted by atomic mass is 35.5. The zero-order chi connectivity index (χ0) is 29.6. The van der Waals surface area contributed by atoms with Crippen LogP contribution in [-0.2, 0) is 16.1 Å². The minimum absolute atomic E-state index is 0.0281. The monoisotopic (exact) mass is 574 g/mol. The number of amides is 1. The molecule has 1 amide bonds. The van der Waals surface area contributed by atoms with Gasteiger partial charge in [-0.05, 0) is 61.6 Å². The van der Waals surface area contributed by atoms with Crippen molar-refractivity contribution in [3.8, 4) is 23.7 Å². The number of benzene rings is 2. The fourth-order valence-electron chi connectivity index (χ4n) is 6.92. The molecule has 0 bridgehead atoms. The van der Waals surface area contributed by atoms with Crippen molar-refractivity contribution in [1.29, 1.82) is 5.26 Å². The molecule has 7 nitrogen and oxygen atoms in total. The number of carbonyl (C=O) groups is 2. The Bertz CT molecular complexity index is 1480. The van der Waals surface area contributed by atoms with E-state index in [4.69, 9.17) is 31.4 Å². The lowest BCUT2D eigenvalue weighted by atomic mass is 9.49. The molecule has 41 heavy (non-hydrogen) atoms. The van der Waals surface area contributed by atoms with Gasteiger partial charge in [-0.3, -0.25) is 4.79 Å². The highest BCUT2D eigenvalue weighted by molar-refractivity contribution is 6.31.